The van der Waals surface area contributed by atoms with Crippen LogP contribution in [0.5, 0.6) is 11.5 Å². The van der Waals surface area contributed by atoms with Gasteiger partial charge < -0.3 is 29.4 Å². The maximum absolute atomic E-state index is 12.3. The number of carbonyl (C=O) groups is 1. The van der Waals surface area contributed by atoms with Gasteiger partial charge in [-0.3, -0.25) is 4.79 Å². The number of rotatable bonds is 8. The molecule has 5 rings (SSSR count). The molecule has 36 heavy (non-hydrogen) atoms. The fraction of sp³-hybridized carbons (Fsp3) is 0.500. The predicted octanol–water partition coefficient (Wildman–Crippen LogP) is 3.76. The molecule has 192 valence electrons. The van der Waals surface area contributed by atoms with Crippen molar-refractivity contribution in [2.24, 2.45) is 5.92 Å². The highest BCUT2D eigenvalue weighted by Crippen LogP contribution is 2.42. The Labute approximate surface area is 222 Å². The second-order valence-corrected chi connectivity index (χ2v) is 10.7. The molecule has 1 fully saturated rings. The van der Waals surface area contributed by atoms with E-state index in [9.17, 15) is 4.79 Å². The van der Waals surface area contributed by atoms with Gasteiger partial charge in [0, 0.05) is 36.1 Å². The number of anilines is 1. The average Bonchev–Trinajstić information content (AvgIpc) is 3.25. The molecule has 12 heteroatoms. The van der Waals surface area contributed by atoms with Gasteiger partial charge in [-0.05, 0) is 53.2 Å². The second-order valence-electron chi connectivity index (χ2n) is 8.86. The van der Waals surface area contributed by atoms with E-state index < -0.39 is 0 Å². The minimum Gasteiger partial charge on any atom is -0.486 e. The third-order valence-corrected chi connectivity index (χ3v) is 8.54. The number of nitrogens with two attached hydrogens (primary N) is 1. The zero-order valence-electron chi connectivity index (χ0n) is 20.1. The van der Waals surface area contributed by atoms with E-state index in [1.54, 1.807) is 7.11 Å². The number of hydrogen-bond acceptors (Lipinski definition) is 9. The van der Waals surface area contributed by atoms with Crippen LogP contribution in [0.1, 0.15) is 25.7 Å². The van der Waals surface area contributed by atoms with Gasteiger partial charge >= 0.3 is 0 Å². The van der Waals surface area contributed by atoms with E-state index in [1.165, 1.54) is 18.1 Å². The van der Waals surface area contributed by atoms with E-state index >= 15 is 0 Å². The Morgan fingerprint density at radius 2 is 1.97 bits per heavy atom. The van der Waals surface area contributed by atoms with Crippen molar-refractivity contribution in [2.45, 2.75) is 42.3 Å². The lowest BCUT2D eigenvalue weighted by Gasteiger charge is -2.32. The molecule has 0 spiro atoms. The molecule has 0 aliphatic carbocycles. The Morgan fingerprint density at radius 3 is 2.72 bits per heavy atom. The van der Waals surface area contributed by atoms with Crippen LogP contribution in [0.15, 0.2) is 33.0 Å². The van der Waals surface area contributed by atoms with Gasteiger partial charge in [-0.2, -0.15) is 0 Å². The van der Waals surface area contributed by atoms with Crippen LogP contribution in [0.25, 0.3) is 11.2 Å². The molecule has 2 aliphatic heterocycles. The largest absolute Gasteiger partial charge is 0.486 e. The Morgan fingerprint density at radius 1 is 1.22 bits per heavy atom. The van der Waals surface area contributed by atoms with Crippen molar-refractivity contribution in [2.75, 3.05) is 45.8 Å². The highest BCUT2D eigenvalue weighted by molar-refractivity contribution is 9.10. The highest BCUT2D eigenvalue weighted by Gasteiger charge is 2.24. The Hall–Kier alpha value is -2.57. The number of aryl methyl sites for hydroxylation is 1. The smallest absolute Gasteiger partial charge is 0.224 e. The fourth-order valence-electron chi connectivity index (χ4n) is 4.57. The number of halogens is 1. The van der Waals surface area contributed by atoms with Crippen molar-refractivity contribution >= 4 is 50.6 Å². The third kappa shape index (κ3) is 5.40. The molecule has 3 aromatic rings. The Kier molecular flexibility index (Phi) is 7.82. The fourth-order valence-corrected chi connectivity index (χ4v) is 6.07. The Balaban J connectivity index is 1.32. The number of ether oxygens (including phenoxy) is 3. The monoisotopic (exact) mass is 576 g/mol. The van der Waals surface area contributed by atoms with Crippen molar-refractivity contribution < 1.29 is 19.0 Å². The van der Waals surface area contributed by atoms with Gasteiger partial charge in [0.05, 0.1) is 13.0 Å². The van der Waals surface area contributed by atoms with Crippen LogP contribution in [0.2, 0.25) is 0 Å². The van der Waals surface area contributed by atoms with Crippen LogP contribution in [0, 0.1) is 5.92 Å². The van der Waals surface area contributed by atoms with Crippen molar-refractivity contribution in [1.29, 1.82) is 0 Å². The first kappa shape index (κ1) is 25.1. The predicted molar refractivity (Wildman–Crippen MR) is 139 cm³/mol. The van der Waals surface area contributed by atoms with Crippen molar-refractivity contribution in [3.63, 3.8) is 0 Å². The molecule has 0 bridgehead atoms. The van der Waals surface area contributed by atoms with Gasteiger partial charge in [0.25, 0.3) is 0 Å². The summed E-state index contributed by atoms with van der Waals surface area (Å²) in [6, 6.07) is 3.90. The standard InChI is InChI=1S/C24H29BrN6O4S/c1-33-9-5-20(32)30-6-2-15(3-7-30)4-8-31-23-21(22(26)27-14-28-23)29-24(31)36-19-13-18-17(12-16(19)25)34-10-11-35-18/h12-15H,2-11H2,1H3,(H2,26,27,28). The zero-order valence-corrected chi connectivity index (χ0v) is 22.5. The van der Waals surface area contributed by atoms with Gasteiger partial charge in [-0.15, -0.1) is 0 Å². The Bertz CT molecular complexity index is 1250. The van der Waals surface area contributed by atoms with Gasteiger partial charge in [0.15, 0.2) is 33.6 Å². The second kappa shape index (κ2) is 11.2. The summed E-state index contributed by atoms with van der Waals surface area (Å²) in [6.45, 7) is 3.87. The van der Waals surface area contributed by atoms with Crippen molar-refractivity contribution in [1.82, 2.24) is 24.4 Å². The lowest BCUT2D eigenvalue weighted by atomic mass is 9.93. The SMILES string of the molecule is COCCC(=O)N1CCC(CCn2c(Sc3cc4c(cc3Br)OCCO4)nc3c(N)ncnc32)CC1. The van der Waals surface area contributed by atoms with E-state index in [1.807, 2.05) is 17.0 Å². The number of fused-ring (bicyclic) bond motifs is 2. The number of aromatic nitrogens is 4. The summed E-state index contributed by atoms with van der Waals surface area (Å²) >= 11 is 5.19. The number of hydrogen-bond donors (Lipinski definition) is 1. The van der Waals surface area contributed by atoms with Crippen LogP contribution >= 0.6 is 27.7 Å². The normalized spacial score (nSPS) is 16.0. The molecule has 1 aromatic carbocycles. The lowest BCUT2D eigenvalue weighted by Crippen LogP contribution is -2.39. The highest BCUT2D eigenvalue weighted by atomic mass is 79.9. The van der Waals surface area contributed by atoms with Crippen LogP contribution in [0.3, 0.4) is 0 Å². The number of benzene rings is 1. The van der Waals surface area contributed by atoms with Gasteiger partial charge in [0.1, 0.15) is 19.5 Å². The molecule has 0 saturated carbocycles. The zero-order chi connectivity index (χ0) is 25.1. The van der Waals surface area contributed by atoms with Gasteiger partial charge in [-0.1, -0.05) is 11.8 Å². The molecule has 0 atom stereocenters. The van der Waals surface area contributed by atoms with Crippen LogP contribution < -0.4 is 15.2 Å². The number of nitrogens with zero attached hydrogens (tertiary/aromatic N) is 5. The summed E-state index contributed by atoms with van der Waals surface area (Å²) in [5.41, 5.74) is 7.47. The quantitative estimate of drug-likeness (QED) is 0.427. The molecule has 1 saturated heterocycles. The number of likely N-dealkylation sites (tertiary alicyclic amines) is 1. The van der Waals surface area contributed by atoms with Crippen LogP contribution in [0.4, 0.5) is 5.82 Å². The van der Waals surface area contributed by atoms with E-state index in [4.69, 9.17) is 24.9 Å². The number of methoxy groups -OCH3 is 1. The minimum atomic E-state index is 0.173. The van der Waals surface area contributed by atoms with Crippen LogP contribution in [-0.4, -0.2) is 70.3 Å². The third-order valence-electron chi connectivity index (χ3n) is 6.57. The summed E-state index contributed by atoms with van der Waals surface area (Å²) in [4.78, 5) is 28.7. The van der Waals surface area contributed by atoms with Crippen LogP contribution in [-0.2, 0) is 16.1 Å². The van der Waals surface area contributed by atoms with Crippen molar-refractivity contribution in [3.05, 3.63) is 22.9 Å². The van der Waals surface area contributed by atoms with Gasteiger partial charge in [-0.25, -0.2) is 15.0 Å². The number of amides is 1. The first-order valence-corrected chi connectivity index (χ1v) is 13.6. The molecular formula is C24H29BrN6O4S. The number of carbonyl (C=O) groups excluding carboxylic acids is 1. The van der Waals surface area contributed by atoms with E-state index in [0.717, 1.165) is 70.6 Å². The lowest BCUT2D eigenvalue weighted by molar-refractivity contribution is -0.133. The first-order chi connectivity index (χ1) is 17.5. The molecule has 0 unspecified atom stereocenters. The number of piperidine rings is 1. The average molecular weight is 578 g/mol. The van der Waals surface area contributed by atoms with Crippen molar-refractivity contribution in [3.8, 4) is 11.5 Å². The summed E-state index contributed by atoms with van der Waals surface area (Å²) in [5, 5.41) is 0.793. The minimum absolute atomic E-state index is 0.173. The molecule has 2 N–H and O–H groups in total. The molecule has 0 radical (unpaired) electrons. The first-order valence-electron chi connectivity index (χ1n) is 12.0. The molecule has 2 aromatic heterocycles. The van der Waals surface area contributed by atoms with E-state index in [0.29, 0.717) is 43.5 Å². The van der Waals surface area contributed by atoms with Gasteiger partial charge in [0.2, 0.25) is 5.91 Å². The maximum Gasteiger partial charge on any atom is 0.224 e. The molecular weight excluding hydrogens is 548 g/mol. The maximum atomic E-state index is 12.3. The molecule has 2 aliphatic rings. The summed E-state index contributed by atoms with van der Waals surface area (Å²) in [5.74, 6) is 2.51. The van der Waals surface area contributed by atoms with E-state index in [-0.39, 0.29) is 5.91 Å². The summed E-state index contributed by atoms with van der Waals surface area (Å²) < 4.78 is 19.5. The summed E-state index contributed by atoms with van der Waals surface area (Å²) in [7, 11) is 1.62. The topological polar surface area (TPSA) is 118 Å². The number of imidazole rings is 1. The summed E-state index contributed by atoms with van der Waals surface area (Å²) in [6.07, 6.45) is 4.86. The molecule has 4 heterocycles. The molecule has 1 amide bonds. The number of nitrogen functional groups attached to an aromatic ring is 1. The molecule has 10 nitrogen and oxygen atoms in total. The van der Waals surface area contributed by atoms with E-state index in [2.05, 4.69) is 30.5 Å².